The van der Waals surface area contributed by atoms with Gasteiger partial charge in [0, 0.05) is 12.1 Å². The van der Waals surface area contributed by atoms with Crippen molar-refractivity contribution in [1.29, 1.82) is 0 Å². The molecule has 1 aromatic rings. The van der Waals surface area contributed by atoms with Crippen molar-refractivity contribution in [3.05, 3.63) is 29.3 Å². The second-order valence-corrected chi connectivity index (χ2v) is 5.72. The van der Waals surface area contributed by atoms with Crippen LogP contribution in [0.25, 0.3) is 0 Å². The monoisotopic (exact) mass is 261 g/mol. The van der Waals surface area contributed by atoms with E-state index in [9.17, 15) is 9.59 Å². The molecule has 0 fully saturated rings. The summed E-state index contributed by atoms with van der Waals surface area (Å²) in [6.07, 6.45) is 0.773. The van der Waals surface area contributed by atoms with Crippen LogP contribution in [-0.4, -0.2) is 17.0 Å². The topological polar surface area (TPSA) is 66.4 Å². The van der Waals surface area contributed by atoms with Gasteiger partial charge in [0.2, 0.25) is 5.91 Å². The summed E-state index contributed by atoms with van der Waals surface area (Å²) >= 11 is 0. The molecule has 0 bridgehead atoms. The van der Waals surface area contributed by atoms with Crippen LogP contribution >= 0.6 is 0 Å². The van der Waals surface area contributed by atoms with E-state index in [1.807, 2.05) is 39.0 Å². The van der Waals surface area contributed by atoms with Crippen LogP contribution in [0, 0.1) is 0 Å². The van der Waals surface area contributed by atoms with Crippen LogP contribution < -0.4 is 5.32 Å². The van der Waals surface area contributed by atoms with E-state index in [2.05, 4.69) is 5.32 Å². The standard InChI is InChI=1S/C15H19NO3/c1-9(4-7-13(17)18)10-5-6-12-11(8-10)15(2,3)14(19)16-12/h5-6,8-9H,4,7H2,1-3H3,(H,16,19)(H,17,18). The molecule has 0 radical (unpaired) electrons. The number of benzene rings is 1. The molecule has 0 aromatic heterocycles. The van der Waals surface area contributed by atoms with E-state index in [0.29, 0.717) is 6.42 Å². The quantitative estimate of drug-likeness (QED) is 0.875. The maximum Gasteiger partial charge on any atom is 0.303 e. The fraction of sp³-hybridized carbons (Fsp3) is 0.467. The summed E-state index contributed by atoms with van der Waals surface area (Å²) < 4.78 is 0. The van der Waals surface area contributed by atoms with E-state index in [0.717, 1.165) is 16.8 Å². The second kappa shape index (κ2) is 4.68. The van der Waals surface area contributed by atoms with Crippen LogP contribution in [0.5, 0.6) is 0 Å². The normalized spacial score (nSPS) is 17.7. The third kappa shape index (κ3) is 2.48. The fourth-order valence-corrected chi connectivity index (χ4v) is 2.40. The Morgan fingerprint density at radius 2 is 2.11 bits per heavy atom. The maximum atomic E-state index is 11.9. The van der Waals surface area contributed by atoms with Crippen LogP contribution in [0.1, 0.15) is 50.7 Å². The first-order valence-electron chi connectivity index (χ1n) is 6.50. The first-order valence-corrected chi connectivity index (χ1v) is 6.50. The van der Waals surface area contributed by atoms with Crippen molar-refractivity contribution in [3.8, 4) is 0 Å². The summed E-state index contributed by atoms with van der Waals surface area (Å²) in [6.45, 7) is 5.82. The minimum absolute atomic E-state index is 0.0119. The Bertz CT molecular complexity index is 534. The molecule has 1 aliphatic rings. The number of anilines is 1. The van der Waals surface area contributed by atoms with Crippen LogP contribution in [0.4, 0.5) is 5.69 Å². The number of amides is 1. The van der Waals surface area contributed by atoms with E-state index in [1.165, 1.54) is 0 Å². The highest BCUT2D eigenvalue weighted by Gasteiger charge is 2.38. The van der Waals surface area contributed by atoms with Crippen molar-refractivity contribution in [2.45, 2.75) is 44.9 Å². The van der Waals surface area contributed by atoms with E-state index >= 15 is 0 Å². The van der Waals surface area contributed by atoms with Gasteiger partial charge in [0.15, 0.2) is 0 Å². The van der Waals surface area contributed by atoms with E-state index in [-0.39, 0.29) is 18.2 Å². The molecule has 1 heterocycles. The molecule has 1 aliphatic heterocycles. The lowest BCUT2D eigenvalue weighted by atomic mass is 9.83. The molecule has 1 aromatic carbocycles. The lowest BCUT2D eigenvalue weighted by molar-refractivity contribution is -0.137. The largest absolute Gasteiger partial charge is 0.481 e. The fourth-order valence-electron chi connectivity index (χ4n) is 2.40. The Kier molecular flexibility index (Phi) is 3.35. The van der Waals surface area contributed by atoms with Crippen LogP contribution in [0.15, 0.2) is 18.2 Å². The molecular weight excluding hydrogens is 242 g/mol. The Hall–Kier alpha value is -1.84. The van der Waals surface area contributed by atoms with Gasteiger partial charge in [-0.25, -0.2) is 0 Å². The summed E-state index contributed by atoms with van der Waals surface area (Å²) in [4.78, 5) is 22.5. The first-order chi connectivity index (χ1) is 8.82. The predicted octanol–water partition coefficient (Wildman–Crippen LogP) is 2.88. The molecule has 19 heavy (non-hydrogen) atoms. The number of carbonyl (C=O) groups is 2. The molecule has 1 unspecified atom stereocenters. The molecule has 1 amide bonds. The Morgan fingerprint density at radius 3 is 2.74 bits per heavy atom. The smallest absolute Gasteiger partial charge is 0.303 e. The molecule has 1 atom stereocenters. The summed E-state index contributed by atoms with van der Waals surface area (Å²) in [6, 6.07) is 5.90. The molecule has 2 rings (SSSR count). The van der Waals surface area contributed by atoms with E-state index < -0.39 is 11.4 Å². The average molecular weight is 261 g/mol. The van der Waals surface area contributed by atoms with E-state index in [1.54, 1.807) is 0 Å². The number of aliphatic carboxylic acids is 1. The first kappa shape index (κ1) is 13.6. The van der Waals surface area contributed by atoms with Crippen molar-refractivity contribution in [1.82, 2.24) is 0 Å². The van der Waals surface area contributed by atoms with Gasteiger partial charge in [-0.3, -0.25) is 9.59 Å². The zero-order valence-electron chi connectivity index (χ0n) is 11.5. The van der Waals surface area contributed by atoms with Crippen molar-refractivity contribution < 1.29 is 14.7 Å². The molecule has 0 saturated heterocycles. The van der Waals surface area contributed by atoms with Crippen molar-refractivity contribution in [2.75, 3.05) is 5.32 Å². The Morgan fingerprint density at radius 1 is 1.42 bits per heavy atom. The minimum atomic E-state index is -0.773. The SMILES string of the molecule is CC(CCC(=O)O)c1ccc2c(c1)C(C)(C)C(=O)N2. The van der Waals surface area contributed by atoms with Gasteiger partial charge in [-0.2, -0.15) is 0 Å². The van der Waals surface area contributed by atoms with Gasteiger partial charge in [-0.1, -0.05) is 19.1 Å². The highest BCUT2D eigenvalue weighted by atomic mass is 16.4. The third-order valence-electron chi connectivity index (χ3n) is 3.89. The van der Waals surface area contributed by atoms with Gasteiger partial charge in [0.05, 0.1) is 5.41 Å². The zero-order valence-corrected chi connectivity index (χ0v) is 11.5. The molecule has 0 aliphatic carbocycles. The average Bonchev–Trinajstić information content (AvgIpc) is 2.57. The molecule has 4 nitrogen and oxygen atoms in total. The van der Waals surface area contributed by atoms with Gasteiger partial charge >= 0.3 is 5.97 Å². The number of carboxylic acid groups (broad SMARTS) is 1. The third-order valence-corrected chi connectivity index (χ3v) is 3.89. The van der Waals surface area contributed by atoms with Crippen LogP contribution in [0.3, 0.4) is 0 Å². The Balaban J connectivity index is 2.25. The lowest BCUT2D eigenvalue weighted by Crippen LogP contribution is -2.26. The number of fused-ring (bicyclic) bond motifs is 1. The molecule has 102 valence electrons. The molecule has 0 spiro atoms. The van der Waals surface area contributed by atoms with Gasteiger partial charge in [-0.15, -0.1) is 0 Å². The summed E-state index contributed by atoms with van der Waals surface area (Å²) in [7, 11) is 0. The number of carboxylic acids is 1. The van der Waals surface area contributed by atoms with Crippen LogP contribution in [0.2, 0.25) is 0 Å². The maximum absolute atomic E-state index is 11.9. The molecule has 0 saturated carbocycles. The number of hydrogen-bond acceptors (Lipinski definition) is 2. The highest BCUT2D eigenvalue weighted by molar-refractivity contribution is 6.05. The summed E-state index contributed by atoms with van der Waals surface area (Å²) in [5, 5.41) is 11.6. The molecule has 2 N–H and O–H groups in total. The Labute approximate surface area is 112 Å². The van der Waals surface area contributed by atoms with Crippen LogP contribution in [-0.2, 0) is 15.0 Å². The van der Waals surface area contributed by atoms with Gasteiger partial charge in [0.1, 0.15) is 0 Å². The zero-order chi connectivity index (χ0) is 14.2. The van der Waals surface area contributed by atoms with E-state index in [4.69, 9.17) is 5.11 Å². The number of rotatable bonds is 4. The van der Waals surface area contributed by atoms with Gasteiger partial charge < -0.3 is 10.4 Å². The lowest BCUT2D eigenvalue weighted by Gasteiger charge is -2.18. The number of hydrogen-bond donors (Lipinski definition) is 2. The number of carbonyl (C=O) groups excluding carboxylic acids is 1. The summed E-state index contributed by atoms with van der Waals surface area (Å²) in [5.74, 6) is -0.587. The highest BCUT2D eigenvalue weighted by Crippen LogP contribution is 2.39. The minimum Gasteiger partial charge on any atom is -0.481 e. The van der Waals surface area contributed by atoms with Crippen molar-refractivity contribution in [3.63, 3.8) is 0 Å². The number of nitrogens with one attached hydrogen (secondary N) is 1. The molecule has 4 heteroatoms. The van der Waals surface area contributed by atoms with Crippen molar-refractivity contribution >= 4 is 17.6 Å². The predicted molar refractivity (Wildman–Crippen MR) is 73.4 cm³/mol. The van der Waals surface area contributed by atoms with Crippen molar-refractivity contribution in [2.24, 2.45) is 0 Å². The van der Waals surface area contributed by atoms with Gasteiger partial charge in [0.25, 0.3) is 0 Å². The second-order valence-electron chi connectivity index (χ2n) is 5.72. The molecular formula is C15H19NO3. The summed E-state index contributed by atoms with van der Waals surface area (Å²) in [5.41, 5.74) is 2.43. The van der Waals surface area contributed by atoms with Gasteiger partial charge in [-0.05, 0) is 43.4 Å².